The largest absolute Gasteiger partial charge is 0.355 e. The molecule has 0 saturated heterocycles. The highest BCUT2D eigenvalue weighted by atomic mass is 16.1. The molecular weight excluding hydrogens is 410 g/mol. The van der Waals surface area contributed by atoms with E-state index in [0.717, 1.165) is 22.3 Å². The van der Waals surface area contributed by atoms with Gasteiger partial charge >= 0.3 is 0 Å². The monoisotopic (exact) mass is 435 g/mol. The minimum atomic E-state index is -0.00691. The molecule has 0 spiro atoms. The topological polar surface area (TPSA) is 75.6 Å². The zero-order valence-corrected chi connectivity index (χ0v) is 18.2. The van der Waals surface area contributed by atoms with E-state index in [4.69, 9.17) is 0 Å². The number of hydrogen-bond acceptors (Lipinski definition) is 3. The molecule has 0 aliphatic rings. The van der Waals surface area contributed by atoms with E-state index in [2.05, 4.69) is 62.8 Å². The van der Waals surface area contributed by atoms with Gasteiger partial charge in [-0.3, -0.25) is 9.48 Å². The van der Waals surface area contributed by atoms with Gasteiger partial charge in [-0.15, -0.1) is 0 Å². The number of nitrogens with zero attached hydrogens (tertiary/aromatic N) is 3. The van der Waals surface area contributed by atoms with Crippen LogP contribution in [0.25, 0.3) is 22.2 Å². The fourth-order valence-corrected chi connectivity index (χ4v) is 4.30. The number of fused-ring (bicyclic) bond motifs is 1. The van der Waals surface area contributed by atoms with Crippen LogP contribution < -0.4 is 5.32 Å². The van der Waals surface area contributed by atoms with Gasteiger partial charge in [0.1, 0.15) is 12.7 Å². The minimum absolute atomic E-state index is 0.00660. The predicted octanol–water partition coefficient (Wildman–Crippen LogP) is 4.76. The Labute approximate surface area is 192 Å². The van der Waals surface area contributed by atoms with Crippen molar-refractivity contribution in [3.8, 4) is 11.3 Å². The first-order valence-corrected chi connectivity index (χ1v) is 11.1. The van der Waals surface area contributed by atoms with Gasteiger partial charge in [0.15, 0.2) is 0 Å². The van der Waals surface area contributed by atoms with Gasteiger partial charge in [-0.05, 0) is 22.8 Å². The normalized spacial score (nSPS) is 12.0. The van der Waals surface area contributed by atoms with E-state index in [0.29, 0.717) is 19.5 Å². The smallest absolute Gasteiger partial charge is 0.221 e. The maximum atomic E-state index is 12.7. The zero-order chi connectivity index (χ0) is 22.5. The molecule has 0 bridgehead atoms. The molecule has 33 heavy (non-hydrogen) atoms. The van der Waals surface area contributed by atoms with E-state index < -0.39 is 0 Å². The van der Waals surface area contributed by atoms with Crippen LogP contribution in [0.3, 0.4) is 0 Å². The molecule has 0 aliphatic heterocycles. The Hall–Kier alpha value is -4.19. The van der Waals surface area contributed by atoms with Crippen molar-refractivity contribution in [3.63, 3.8) is 0 Å². The Morgan fingerprint density at radius 1 is 0.939 bits per heavy atom. The van der Waals surface area contributed by atoms with Gasteiger partial charge in [-0.25, -0.2) is 4.98 Å². The molecule has 5 rings (SSSR count). The number of nitrogens with one attached hydrogen (secondary N) is 2. The quantitative estimate of drug-likeness (QED) is 0.369. The van der Waals surface area contributed by atoms with E-state index in [-0.39, 0.29) is 11.8 Å². The molecule has 2 aromatic heterocycles. The first-order valence-electron chi connectivity index (χ1n) is 11.1. The molecule has 5 aromatic rings. The number of hydrogen-bond donors (Lipinski definition) is 2. The van der Waals surface area contributed by atoms with Crippen LogP contribution >= 0.6 is 0 Å². The van der Waals surface area contributed by atoms with Crippen molar-refractivity contribution in [1.29, 1.82) is 0 Å². The fraction of sp³-hybridized carbons (Fsp3) is 0.148. The van der Waals surface area contributed by atoms with E-state index in [1.54, 1.807) is 11.0 Å². The lowest BCUT2D eigenvalue weighted by atomic mass is 9.87. The third-order valence-corrected chi connectivity index (χ3v) is 5.90. The van der Waals surface area contributed by atoms with Crippen LogP contribution in [-0.2, 0) is 11.3 Å². The van der Waals surface area contributed by atoms with Crippen molar-refractivity contribution in [2.75, 3.05) is 6.54 Å². The van der Waals surface area contributed by atoms with Crippen LogP contribution in [0.4, 0.5) is 0 Å². The maximum Gasteiger partial charge on any atom is 0.221 e. The van der Waals surface area contributed by atoms with Gasteiger partial charge in [-0.2, -0.15) is 5.10 Å². The number of para-hydroxylation sites is 1. The summed E-state index contributed by atoms with van der Waals surface area (Å²) in [4.78, 5) is 20.2. The molecule has 6 nitrogen and oxygen atoms in total. The lowest BCUT2D eigenvalue weighted by molar-refractivity contribution is -0.121. The number of carbonyl (C=O) groups excluding carboxylic acids is 1. The van der Waals surface area contributed by atoms with Gasteiger partial charge < -0.3 is 10.3 Å². The summed E-state index contributed by atoms with van der Waals surface area (Å²) in [5.74, 6) is -0.0135. The SMILES string of the molecule is O=C(CCn1cncn1)NC[C@@H](c1ccccc1)c1c(-c2ccccc2)[nH]c2ccccc12. The highest BCUT2D eigenvalue weighted by Gasteiger charge is 2.24. The number of aromatic amines is 1. The van der Waals surface area contributed by atoms with Crippen molar-refractivity contribution in [2.45, 2.75) is 18.9 Å². The molecule has 2 N–H and O–H groups in total. The van der Waals surface area contributed by atoms with Crippen molar-refractivity contribution in [1.82, 2.24) is 25.1 Å². The van der Waals surface area contributed by atoms with E-state index >= 15 is 0 Å². The average Bonchev–Trinajstić information content (AvgIpc) is 3.53. The standard InChI is InChI=1S/C27H25N5O/c33-25(15-16-32-19-28-18-30-32)29-17-23(20-9-3-1-4-10-20)26-22-13-7-8-14-24(22)31-27(26)21-11-5-2-6-12-21/h1-14,18-19,23,31H,15-17H2,(H,29,33)/t23-/m0/s1. The summed E-state index contributed by atoms with van der Waals surface area (Å²) in [7, 11) is 0. The summed E-state index contributed by atoms with van der Waals surface area (Å²) >= 11 is 0. The second-order valence-corrected chi connectivity index (χ2v) is 8.00. The van der Waals surface area contributed by atoms with Crippen LogP contribution in [-0.4, -0.2) is 32.2 Å². The molecule has 0 saturated carbocycles. The summed E-state index contributed by atoms with van der Waals surface area (Å²) in [5.41, 5.74) is 5.66. The number of amides is 1. The predicted molar refractivity (Wildman–Crippen MR) is 130 cm³/mol. The lowest BCUT2D eigenvalue weighted by Gasteiger charge is -2.20. The maximum absolute atomic E-state index is 12.7. The number of aryl methyl sites for hydroxylation is 1. The molecule has 3 aromatic carbocycles. The van der Waals surface area contributed by atoms with E-state index in [1.165, 1.54) is 17.3 Å². The van der Waals surface area contributed by atoms with Crippen LogP contribution in [0.15, 0.2) is 97.6 Å². The van der Waals surface area contributed by atoms with Crippen molar-refractivity contribution in [2.24, 2.45) is 0 Å². The molecule has 164 valence electrons. The van der Waals surface area contributed by atoms with Gasteiger partial charge in [0.2, 0.25) is 5.91 Å². The fourth-order valence-electron chi connectivity index (χ4n) is 4.30. The zero-order valence-electron chi connectivity index (χ0n) is 18.2. The van der Waals surface area contributed by atoms with Gasteiger partial charge in [0.05, 0.1) is 12.2 Å². The van der Waals surface area contributed by atoms with Crippen LogP contribution in [0.1, 0.15) is 23.5 Å². The second kappa shape index (κ2) is 9.53. The number of carbonyl (C=O) groups is 1. The first-order chi connectivity index (χ1) is 16.3. The number of aromatic nitrogens is 4. The summed E-state index contributed by atoms with van der Waals surface area (Å²) in [6.07, 6.45) is 3.45. The summed E-state index contributed by atoms with van der Waals surface area (Å²) in [6.45, 7) is 1.01. The van der Waals surface area contributed by atoms with Crippen LogP contribution in [0, 0.1) is 0 Å². The third kappa shape index (κ3) is 4.55. The Kier molecular flexibility index (Phi) is 5.97. The number of rotatable bonds is 8. The molecule has 0 fully saturated rings. The van der Waals surface area contributed by atoms with Gasteiger partial charge in [0, 0.05) is 29.8 Å². The highest BCUT2D eigenvalue weighted by Crippen LogP contribution is 2.38. The minimum Gasteiger partial charge on any atom is -0.355 e. The molecular formula is C27H25N5O. The molecule has 0 aliphatic carbocycles. The Bertz CT molecular complexity index is 1330. The first kappa shape index (κ1) is 20.7. The van der Waals surface area contributed by atoms with Gasteiger partial charge in [0.25, 0.3) is 0 Å². The molecule has 0 radical (unpaired) electrons. The van der Waals surface area contributed by atoms with E-state index in [9.17, 15) is 4.79 Å². The molecule has 1 amide bonds. The Morgan fingerprint density at radius 2 is 1.67 bits per heavy atom. The highest BCUT2D eigenvalue weighted by molar-refractivity contribution is 5.92. The summed E-state index contributed by atoms with van der Waals surface area (Å²) in [6, 6.07) is 29.1. The second-order valence-electron chi connectivity index (χ2n) is 8.00. The molecule has 1 atom stereocenters. The van der Waals surface area contributed by atoms with Crippen LogP contribution in [0.5, 0.6) is 0 Å². The average molecular weight is 436 g/mol. The summed E-state index contributed by atoms with van der Waals surface area (Å²) < 4.78 is 1.67. The van der Waals surface area contributed by atoms with Crippen molar-refractivity contribution in [3.05, 3.63) is 109 Å². The van der Waals surface area contributed by atoms with Crippen molar-refractivity contribution >= 4 is 16.8 Å². The summed E-state index contributed by atoms with van der Waals surface area (Å²) in [5, 5.41) is 8.40. The number of H-pyrrole nitrogens is 1. The number of benzene rings is 3. The van der Waals surface area contributed by atoms with Crippen LogP contribution in [0.2, 0.25) is 0 Å². The molecule has 2 heterocycles. The molecule has 6 heteroatoms. The van der Waals surface area contributed by atoms with Crippen molar-refractivity contribution < 1.29 is 4.79 Å². The Balaban J connectivity index is 1.50. The molecule has 0 unspecified atom stereocenters. The lowest BCUT2D eigenvalue weighted by Crippen LogP contribution is -2.29. The third-order valence-electron chi connectivity index (χ3n) is 5.90. The van der Waals surface area contributed by atoms with Gasteiger partial charge in [-0.1, -0.05) is 78.9 Å². The van der Waals surface area contributed by atoms with E-state index in [1.807, 2.05) is 42.5 Å². The Morgan fingerprint density at radius 3 is 2.42 bits per heavy atom.